The Morgan fingerprint density at radius 1 is 1.05 bits per heavy atom. The maximum absolute atomic E-state index is 11.6. The third kappa shape index (κ3) is 2.84. The molecule has 0 bridgehead atoms. The van der Waals surface area contributed by atoms with E-state index in [2.05, 4.69) is 10.2 Å². The third-order valence-electron chi connectivity index (χ3n) is 2.85. The molecule has 0 radical (unpaired) electrons. The van der Waals surface area contributed by atoms with Crippen LogP contribution in [0.3, 0.4) is 0 Å². The molecule has 2 heterocycles. The largest absolute Gasteiger partial charge is 0.419 e. The Hall–Kier alpha value is -2.11. The van der Waals surface area contributed by atoms with Crippen molar-refractivity contribution >= 4 is 23.2 Å². The Morgan fingerprint density at radius 2 is 1.81 bits per heavy atom. The second kappa shape index (κ2) is 5.71. The fourth-order valence-corrected chi connectivity index (χ4v) is 2.42. The van der Waals surface area contributed by atoms with Gasteiger partial charge >= 0.3 is 0 Å². The molecule has 106 valence electrons. The van der Waals surface area contributed by atoms with Crippen molar-refractivity contribution in [2.75, 3.05) is 0 Å². The molecule has 21 heavy (non-hydrogen) atoms. The molecule has 2 aromatic heterocycles. The van der Waals surface area contributed by atoms with Gasteiger partial charge in [0, 0.05) is 12.3 Å². The van der Waals surface area contributed by atoms with E-state index >= 15 is 0 Å². The highest BCUT2D eigenvalue weighted by Gasteiger charge is 2.15. The van der Waals surface area contributed by atoms with Crippen molar-refractivity contribution in [1.29, 1.82) is 0 Å². The molecule has 1 aromatic carbocycles. The van der Waals surface area contributed by atoms with E-state index in [-0.39, 0.29) is 18.0 Å². The molecule has 0 N–H and O–H groups in total. The highest BCUT2D eigenvalue weighted by atomic mass is 35.5. The molecule has 0 saturated carbocycles. The van der Waals surface area contributed by atoms with Gasteiger partial charge in [0.1, 0.15) is 6.54 Å². The Balaban J connectivity index is 1.94. The minimum atomic E-state index is -0.145. The molecule has 7 heteroatoms. The first kappa shape index (κ1) is 13.9. The molecular formula is C14H9Cl2N3O2. The van der Waals surface area contributed by atoms with Gasteiger partial charge in [-0.05, 0) is 18.2 Å². The summed E-state index contributed by atoms with van der Waals surface area (Å²) in [7, 11) is 0. The van der Waals surface area contributed by atoms with Gasteiger partial charge < -0.3 is 8.98 Å². The number of aromatic nitrogens is 3. The molecule has 0 spiro atoms. The lowest BCUT2D eigenvalue weighted by atomic mass is 10.2. The lowest BCUT2D eigenvalue weighted by Crippen LogP contribution is -2.18. The van der Waals surface area contributed by atoms with Crippen molar-refractivity contribution in [1.82, 2.24) is 14.8 Å². The zero-order chi connectivity index (χ0) is 14.8. The minimum absolute atomic E-state index is 0.145. The van der Waals surface area contributed by atoms with Crippen LogP contribution in [0.5, 0.6) is 0 Å². The summed E-state index contributed by atoms with van der Waals surface area (Å²) in [5.74, 6) is 0.527. The second-order valence-electron chi connectivity index (χ2n) is 4.26. The van der Waals surface area contributed by atoms with Crippen molar-refractivity contribution in [2.24, 2.45) is 0 Å². The molecule has 0 saturated heterocycles. The maximum atomic E-state index is 11.6. The van der Waals surface area contributed by atoms with Crippen LogP contribution in [0.15, 0.2) is 51.8 Å². The minimum Gasteiger partial charge on any atom is -0.419 e. The molecule has 0 aliphatic carbocycles. The molecular weight excluding hydrogens is 313 g/mol. The number of benzene rings is 1. The fraction of sp³-hybridized carbons (Fsp3) is 0.0714. The number of hydrogen-bond donors (Lipinski definition) is 0. The Morgan fingerprint density at radius 3 is 2.52 bits per heavy atom. The lowest BCUT2D eigenvalue weighted by Gasteiger charge is -2.02. The van der Waals surface area contributed by atoms with Gasteiger partial charge in [-0.25, -0.2) is 0 Å². The number of pyridine rings is 1. The molecule has 3 rings (SSSR count). The summed E-state index contributed by atoms with van der Waals surface area (Å²) in [5, 5.41) is 8.70. The Kier molecular flexibility index (Phi) is 3.77. The first-order valence-corrected chi connectivity index (χ1v) is 6.83. The van der Waals surface area contributed by atoms with Gasteiger partial charge in [-0.15, -0.1) is 10.2 Å². The van der Waals surface area contributed by atoms with Crippen LogP contribution in [0, 0.1) is 0 Å². The molecule has 0 aliphatic rings. The van der Waals surface area contributed by atoms with Crippen molar-refractivity contribution in [3.8, 4) is 11.5 Å². The van der Waals surface area contributed by atoms with Crippen LogP contribution in [0.1, 0.15) is 5.89 Å². The normalized spacial score (nSPS) is 10.8. The van der Waals surface area contributed by atoms with E-state index in [9.17, 15) is 4.79 Å². The monoisotopic (exact) mass is 321 g/mol. The number of halogens is 2. The van der Waals surface area contributed by atoms with Crippen molar-refractivity contribution in [3.05, 3.63) is 68.9 Å². The smallest absolute Gasteiger partial charge is 0.250 e. The Labute approximate surface area is 129 Å². The fourth-order valence-electron chi connectivity index (χ4n) is 1.86. The summed E-state index contributed by atoms with van der Waals surface area (Å²) >= 11 is 12.2. The van der Waals surface area contributed by atoms with Crippen LogP contribution >= 0.6 is 23.2 Å². The van der Waals surface area contributed by atoms with Gasteiger partial charge in [-0.2, -0.15) is 0 Å². The lowest BCUT2D eigenvalue weighted by molar-refractivity contribution is 0.484. The molecule has 0 atom stereocenters. The van der Waals surface area contributed by atoms with Crippen LogP contribution in [-0.4, -0.2) is 14.8 Å². The summed E-state index contributed by atoms with van der Waals surface area (Å²) in [6.45, 7) is 0.189. The summed E-state index contributed by atoms with van der Waals surface area (Å²) < 4.78 is 7.00. The zero-order valence-electron chi connectivity index (χ0n) is 10.7. The standard InChI is InChI=1S/C14H9Cl2N3O2/c15-9-4-3-5-10(16)13(9)14-18-17-11(21-14)8-19-7-2-1-6-12(19)20/h1-7H,8H2. The number of hydrogen-bond acceptors (Lipinski definition) is 4. The molecule has 0 unspecified atom stereocenters. The van der Waals surface area contributed by atoms with Crippen LogP contribution in [0.2, 0.25) is 10.0 Å². The molecule has 0 fully saturated rings. The van der Waals surface area contributed by atoms with Gasteiger partial charge in [0.05, 0.1) is 15.6 Å². The van der Waals surface area contributed by atoms with Gasteiger partial charge in [-0.3, -0.25) is 4.79 Å². The molecule has 5 nitrogen and oxygen atoms in total. The van der Waals surface area contributed by atoms with E-state index < -0.39 is 0 Å². The average molecular weight is 322 g/mol. The first-order valence-electron chi connectivity index (χ1n) is 6.07. The predicted octanol–water partition coefficient (Wildman–Crippen LogP) is 3.25. The first-order chi connectivity index (χ1) is 10.1. The van der Waals surface area contributed by atoms with E-state index in [0.717, 1.165) is 0 Å². The quantitative estimate of drug-likeness (QED) is 0.742. The van der Waals surface area contributed by atoms with E-state index in [1.54, 1.807) is 36.5 Å². The van der Waals surface area contributed by atoms with E-state index in [1.165, 1.54) is 10.6 Å². The van der Waals surface area contributed by atoms with Crippen molar-refractivity contribution in [2.45, 2.75) is 6.54 Å². The van der Waals surface area contributed by atoms with Gasteiger partial charge in [0.15, 0.2) is 0 Å². The highest BCUT2D eigenvalue weighted by Crippen LogP contribution is 2.33. The van der Waals surface area contributed by atoms with Gasteiger partial charge in [0.2, 0.25) is 5.89 Å². The van der Waals surface area contributed by atoms with E-state index in [0.29, 0.717) is 21.5 Å². The third-order valence-corrected chi connectivity index (χ3v) is 3.48. The summed E-state index contributed by atoms with van der Waals surface area (Å²) in [6, 6.07) is 9.99. The summed E-state index contributed by atoms with van der Waals surface area (Å²) in [6.07, 6.45) is 1.65. The Bertz CT molecular complexity index is 822. The highest BCUT2D eigenvalue weighted by molar-refractivity contribution is 6.38. The van der Waals surface area contributed by atoms with E-state index in [4.69, 9.17) is 27.6 Å². The summed E-state index contributed by atoms with van der Waals surface area (Å²) in [4.78, 5) is 11.6. The van der Waals surface area contributed by atoms with Crippen molar-refractivity contribution in [3.63, 3.8) is 0 Å². The van der Waals surface area contributed by atoms with Gasteiger partial charge in [-0.1, -0.05) is 35.3 Å². The molecule has 0 aliphatic heterocycles. The zero-order valence-corrected chi connectivity index (χ0v) is 12.2. The SMILES string of the molecule is O=c1ccccn1Cc1nnc(-c2c(Cl)cccc2Cl)o1. The van der Waals surface area contributed by atoms with Gasteiger partial charge in [0.25, 0.3) is 11.4 Å². The molecule has 0 amide bonds. The summed E-state index contributed by atoms with van der Waals surface area (Å²) in [5.41, 5.74) is 0.341. The van der Waals surface area contributed by atoms with Crippen LogP contribution < -0.4 is 5.56 Å². The maximum Gasteiger partial charge on any atom is 0.250 e. The van der Waals surface area contributed by atoms with E-state index in [1.807, 2.05) is 0 Å². The number of nitrogens with zero attached hydrogens (tertiary/aromatic N) is 3. The number of rotatable bonds is 3. The average Bonchev–Trinajstić information content (AvgIpc) is 2.89. The molecule has 3 aromatic rings. The van der Waals surface area contributed by atoms with Crippen LogP contribution in [0.4, 0.5) is 0 Å². The van der Waals surface area contributed by atoms with Crippen LogP contribution in [0.25, 0.3) is 11.5 Å². The second-order valence-corrected chi connectivity index (χ2v) is 5.08. The van der Waals surface area contributed by atoms with Crippen molar-refractivity contribution < 1.29 is 4.42 Å². The topological polar surface area (TPSA) is 60.9 Å². The predicted molar refractivity (Wildman–Crippen MR) is 79.6 cm³/mol. The van der Waals surface area contributed by atoms with Crippen LogP contribution in [-0.2, 0) is 6.54 Å².